The molecule has 1 aliphatic rings. The molecule has 0 atom stereocenters. The minimum Gasteiger partial charge on any atom is -0.270 e. The van der Waals surface area contributed by atoms with Crippen molar-refractivity contribution in [2.75, 3.05) is 4.90 Å². The summed E-state index contributed by atoms with van der Waals surface area (Å²) in [5.74, 6) is 0.0734. The summed E-state index contributed by atoms with van der Waals surface area (Å²) in [4.78, 5) is 15.6. The summed E-state index contributed by atoms with van der Waals surface area (Å²) in [7, 11) is 0. The van der Waals surface area contributed by atoms with Crippen LogP contribution in [0.1, 0.15) is 47.5 Å². The zero-order valence-electron chi connectivity index (χ0n) is 13.7. The number of hydrogen-bond donors (Lipinski definition) is 0. The minimum atomic E-state index is 0.0734. The number of fused-ring (bicyclic) bond motifs is 1. The van der Waals surface area contributed by atoms with Gasteiger partial charge in [0.1, 0.15) is 0 Å². The first-order valence-electron chi connectivity index (χ1n) is 7.52. The van der Waals surface area contributed by atoms with Crippen molar-refractivity contribution in [3.8, 4) is 0 Å². The maximum atomic E-state index is 12.7. The highest BCUT2D eigenvalue weighted by Crippen LogP contribution is 2.45. The van der Waals surface area contributed by atoms with E-state index in [9.17, 15) is 4.79 Å². The summed E-state index contributed by atoms with van der Waals surface area (Å²) in [6, 6.07) is 7.95. The number of anilines is 1. The molecule has 2 nitrogen and oxygen atoms in total. The first-order valence-corrected chi connectivity index (χ1v) is 8.34. The Hall–Kier alpha value is -1.48. The molecule has 0 aromatic heterocycles. The summed E-state index contributed by atoms with van der Waals surface area (Å²) < 4.78 is 0. The van der Waals surface area contributed by atoms with Gasteiger partial charge in [0.15, 0.2) is 0 Å². The van der Waals surface area contributed by atoms with E-state index in [4.69, 9.17) is 0 Å². The molecule has 0 saturated carbocycles. The van der Waals surface area contributed by atoms with E-state index in [0.717, 1.165) is 39.6 Å². The fourth-order valence-corrected chi connectivity index (χ4v) is 3.15. The molecule has 3 heteroatoms. The van der Waals surface area contributed by atoms with Gasteiger partial charge in [0.2, 0.25) is 0 Å². The number of amides is 1. The van der Waals surface area contributed by atoms with E-state index in [1.807, 2.05) is 52.0 Å². The molecule has 0 N–H and O–H groups in total. The lowest BCUT2D eigenvalue weighted by Gasteiger charge is -2.20. The summed E-state index contributed by atoms with van der Waals surface area (Å²) >= 11 is 1.56. The molecule has 1 aromatic rings. The highest BCUT2D eigenvalue weighted by atomic mass is 32.2. The fraction of sp³-hybridized carbons (Fsp3) is 0.389. The number of allylic oxidation sites excluding steroid dienone is 1. The Bertz CT molecular complexity index is 556. The quantitative estimate of drug-likeness (QED) is 0.662. The van der Waals surface area contributed by atoms with Crippen LogP contribution in [0, 0.1) is 0 Å². The number of carbonyl (C=O) groups excluding carboxylic acids is 1. The standard InChI is InChI=1S/C16H19NOS.C2H6/c1-5-8-13(11(2)3)16(18)17-12(4)19-15-10-7-6-9-14(15)17;1-2/h6-7,9-10H,4-5,8H2,1-3H3;1-2H3. The van der Waals surface area contributed by atoms with Crippen LogP contribution >= 0.6 is 11.8 Å². The van der Waals surface area contributed by atoms with Crippen molar-refractivity contribution in [3.05, 3.63) is 47.0 Å². The van der Waals surface area contributed by atoms with Crippen LogP contribution in [-0.2, 0) is 4.79 Å². The topological polar surface area (TPSA) is 20.3 Å². The third-order valence-corrected chi connectivity index (χ3v) is 4.13. The molecule has 0 unspecified atom stereocenters. The van der Waals surface area contributed by atoms with Crippen molar-refractivity contribution in [2.45, 2.75) is 52.4 Å². The average molecular weight is 303 g/mol. The highest BCUT2D eigenvalue weighted by Gasteiger charge is 2.30. The molecule has 1 heterocycles. The van der Waals surface area contributed by atoms with Crippen LogP contribution in [0.5, 0.6) is 0 Å². The van der Waals surface area contributed by atoms with Crippen LogP contribution in [0.2, 0.25) is 0 Å². The number of thioether (sulfide) groups is 1. The molecule has 0 radical (unpaired) electrons. The smallest absolute Gasteiger partial charge is 0.259 e. The van der Waals surface area contributed by atoms with E-state index in [1.54, 1.807) is 16.7 Å². The van der Waals surface area contributed by atoms with Gasteiger partial charge in [-0.1, -0.05) is 63.2 Å². The lowest BCUT2D eigenvalue weighted by molar-refractivity contribution is -0.114. The second-order valence-electron chi connectivity index (χ2n) is 4.83. The largest absolute Gasteiger partial charge is 0.270 e. The summed E-state index contributed by atoms with van der Waals surface area (Å²) in [5, 5.41) is 0.793. The molecule has 0 aliphatic carbocycles. The van der Waals surface area contributed by atoms with Crippen molar-refractivity contribution in [3.63, 3.8) is 0 Å². The van der Waals surface area contributed by atoms with E-state index in [0.29, 0.717) is 0 Å². The van der Waals surface area contributed by atoms with Gasteiger partial charge in [-0.15, -0.1) is 0 Å². The second kappa shape index (κ2) is 8.08. The maximum absolute atomic E-state index is 12.7. The number of para-hydroxylation sites is 1. The molecule has 1 amide bonds. The lowest BCUT2D eigenvalue weighted by atomic mass is 10.0. The van der Waals surface area contributed by atoms with Gasteiger partial charge in [-0.05, 0) is 32.4 Å². The highest BCUT2D eigenvalue weighted by molar-refractivity contribution is 8.03. The van der Waals surface area contributed by atoms with Crippen LogP contribution in [0.3, 0.4) is 0 Å². The minimum absolute atomic E-state index is 0.0734. The summed E-state index contributed by atoms with van der Waals surface area (Å²) in [5.41, 5.74) is 2.95. The van der Waals surface area contributed by atoms with Crippen molar-refractivity contribution >= 4 is 23.4 Å². The van der Waals surface area contributed by atoms with Gasteiger partial charge in [-0.25, -0.2) is 0 Å². The Morgan fingerprint density at radius 2 is 1.86 bits per heavy atom. The third-order valence-electron chi connectivity index (χ3n) is 3.15. The molecule has 0 fully saturated rings. The van der Waals surface area contributed by atoms with Gasteiger partial charge in [0, 0.05) is 10.5 Å². The van der Waals surface area contributed by atoms with Crippen LogP contribution in [0.4, 0.5) is 5.69 Å². The lowest BCUT2D eigenvalue weighted by Crippen LogP contribution is -2.28. The van der Waals surface area contributed by atoms with Gasteiger partial charge in [-0.2, -0.15) is 0 Å². The van der Waals surface area contributed by atoms with E-state index in [-0.39, 0.29) is 5.91 Å². The Morgan fingerprint density at radius 3 is 2.43 bits per heavy atom. The zero-order chi connectivity index (χ0) is 16.0. The van der Waals surface area contributed by atoms with Gasteiger partial charge in [0.05, 0.1) is 10.7 Å². The second-order valence-corrected chi connectivity index (χ2v) is 5.95. The third kappa shape index (κ3) is 3.79. The fourth-order valence-electron chi connectivity index (χ4n) is 2.21. The number of rotatable bonds is 3. The molecule has 2 rings (SSSR count). The zero-order valence-corrected chi connectivity index (χ0v) is 14.5. The number of benzene rings is 1. The molecule has 21 heavy (non-hydrogen) atoms. The van der Waals surface area contributed by atoms with Crippen molar-refractivity contribution in [1.29, 1.82) is 0 Å². The van der Waals surface area contributed by atoms with Gasteiger partial charge < -0.3 is 0 Å². The SMILES string of the molecule is C=C1Sc2ccccc2N1C(=O)C(CCC)=C(C)C.CC. The van der Waals surface area contributed by atoms with Gasteiger partial charge in [-0.3, -0.25) is 9.69 Å². The Balaban J connectivity index is 0.00000106. The number of carbonyl (C=O) groups is 1. The Kier molecular flexibility index (Phi) is 6.76. The molecule has 1 aliphatic heterocycles. The molecule has 0 bridgehead atoms. The van der Waals surface area contributed by atoms with E-state index in [2.05, 4.69) is 13.5 Å². The van der Waals surface area contributed by atoms with E-state index in [1.165, 1.54) is 0 Å². The van der Waals surface area contributed by atoms with E-state index < -0.39 is 0 Å². The van der Waals surface area contributed by atoms with Crippen molar-refractivity contribution in [2.24, 2.45) is 0 Å². The molecule has 1 aromatic carbocycles. The van der Waals surface area contributed by atoms with Crippen LogP contribution < -0.4 is 4.90 Å². The Morgan fingerprint density at radius 1 is 1.24 bits per heavy atom. The monoisotopic (exact) mass is 303 g/mol. The summed E-state index contributed by atoms with van der Waals surface area (Å²) in [6.07, 6.45) is 1.79. The molecule has 114 valence electrons. The van der Waals surface area contributed by atoms with E-state index >= 15 is 0 Å². The first kappa shape index (κ1) is 17.6. The predicted octanol–water partition coefficient (Wildman–Crippen LogP) is 5.76. The Labute approximate surface area is 132 Å². The number of hydrogen-bond acceptors (Lipinski definition) is 2. The molecular weight excluding hydrogens is 278 g/mol. The van der Waals surface area contributed by atoms with Crippen LogP contribution in [-0.4, -0.2) is 5.91 Å². The van der Waals surface area contributed by atoms with Gasteiger partial charge >= 0.3 is 0 Å². The van der Waals surface area contributed by atoms with Crippen LogP contribution in [0.15, 0.2) is 51.9 Å². The normalized spacial score (nSPS) is 12.4. The maximum Gasteiger partial charge on any atom is 0.259 e. The summed E-state index contributed by atoms with van der Waals surface area (Å²) in [6.45, 7) is 14.1. The molecule has 0 spiro atoms. The average Bonchev–Trinajstić information content (AvgIpc) is 2.81. The molecular formula is C18H25NOS. The van der Waals surface area contributed by atoms with Crippen molar-refractivity contribution < 1.29 is 4.79 Å². The first-order chi connectivity index (χ1) is 10.1. The van der Waals surface area contributed by atoms with Crippen LogP contribution in [0.25, 0.3) is 0 Å². The molecule has 0 saturated heterocycles. The number of nitrogens with zero attached hydrogens (tertiary/aromatic N) is 1. The predicted molar refractivity (Wildman–Crippen MR) is 93.6 cm³/mol. The van der Waals surface area contributed by atoms with Gasteiger partial charge in [0.25, 0.3) is 5.91 Å². The van der Waals surface area contributed by atoms with Crippen molar-refractivity contribution in [1.82, 2.24) is 0 Å².